The van der Waals surface area contributed by atoms with Gasteiger partial charge in [-0.15, -0.1) is 11.3 Å². The summed E-state index contributed by atoms with van der Waals surface area (Å²) < 4.78 is 13.7. The van der Waals surface area contributed by atoms with E-state index in [9.17, 15) is 0 Å². The van der Waals surface area contributed by atoms with Gasteiger partial charge in [-0.05, 0) is 137 Å². The molecule has 52 heavy (non-hydrogen) atoms. The van der Waals surface area contributed by atoms with Crippen LogP contribution in [0.5, 0.6) is 11.5 Å². The SMILES string of the molecule is CC(C)(COc1ccc(Cc2c(-c3ccc(OCCN4CCCC4)cc3)sc3ccccc23)cc1)N1CCCC1.O=C(O)C(=O)O.O=C(O)C(=O)O. The van der Waals surface area contributed by atoms with Crippen molar-refractivity contribution in [1.82, 2.24) is 9.80 Å². The second-order valence-corrected chi connectivity index (χ2v) is 14.2. The van der Waals surface area contributed by atoms with E-state index in [2.05, 4.69) is 96.4 Å². The molecule has 0 amide bonds. The molecule has 0 aliphatic carbocycles. The van der Waals surface area contributed by atoms with Gasteiger partial charge in [-0.3, -0.25) is 9.80 Å². The third-order valence-corrected chi connectivity index (χ3v) is 10.2. The van der Waals surface area contributed by atoms with E-state index in [4.69, 9.17) is 49.1 Å². The fourth-order valence-electron chi connectivity index (χ4n) is 6.09. The largest absolute Gasteiger partial charge is 0.492 e. The van der Waals surface area contributed by atoms with Crippen molar-refractivity contribution < 1.29 is 49.1 Å². The van der Waals surface area contributed by atoms with Crippen molar-refractivity contribution in [1.29, 1.82) is 0 Å². The lowest BCUT2D eigenvalue weighted by Crippen LogP contribution is -2.46. The molecule has 0 spiro atoms. The lowest BCUT2D eigenvalue weighted by molar-refractivity contribution is -0.159. The van der Waals surface area contributed by atoms with Crippen LogP contribution in [0.25, 0.3) is 20.5 Å². The van der Waals surface area contributed by atoms with Crippen LogP contribution in [0.1, 0.15) is 50.7 Å². The second-order valence-electron chi connectivity index (χ2n) is 13.2. The minimum absolute atomic E-state index is 0.0636. The molecule has 3 aromatic carbocycles. The van der Waals surface area contributed by atoms with Crippen molar-refractivity contribution in [3.8, 4) is 21.9 Å². The number of likely N-dealkylation sites (tertiary alicyclic amines) is 2. The number of rotatable bonds is 11. The van der Waals surface area contributed by atoms with Crippen LogP contribution in [0.4, 0.5) is 0 Å². The van der Waals surface area contributed by atoms with Gasteiger partial charge in [-0.25, -0.2) is 19.2 Å². The number of nitrogens with zero attached hydrogens (tertiary/aromatic N) is 2. The summed E-state index contributed by atoms with van der Waals surface area (Å²) in [7, 11) is 0. The second kappa shape index (κ2) is 19.0. The number of benzene rings is 3. The van der Waals surface area contributed by atoms with Crippen molar-refractivity contribution in [2.45, 2.75) is 51.5 Å². The van der Waals surface area contributed by atoms with Crippen LogP contribution in [0.15, 0.2) is 72.8 Å². The highest BCUT2D eigenvalue weighted by molar-refractivity contribution is 7.22. The Morgan fingerprint density at radius 3 is 1.79 bits per heavy atom. The molecular formula is C39H46N2O10S. The molecule has 1 aromatic heterocycles. The van der Waals surface area contributed by atoms with Crippen molar-refractivity contribution in [2.75, 3.05) is 45.9 Å². The highest BCUT2D eigenvalue weighted by atomic mass is 32.1. The standard InChI is InChI=1S/C35H42N2O2S.2C2H2O4/c1-35(2,37-21-7-8-22-37)26-39-30-15-11-27(12-16-30)25-32-31-9-3-4-10-33(31)40-34(32)28-13-17-29(18-14-28)38-24-23-36-19-5-6-20-36;2*3-1(4)2(5)6/h3-4,9-18H,5-8,19-26H2,1-2H3;2*(H,3,4)(H,5,6). The Morgan fingerprint density at radius 2 is 1.21 bits per heavy atom. The van der Waals surface area contributed by atoms with E-state index in [0.717, 1.165) is 31.1 Å². The van der Waals surface area contributed by atoms with Crippen molar-refractivity contribution >= 4 is 45.3 Å². The van der Waals surface area contributed by atoms with E-state index >= 15 is 0 Å². The van der Waals surface area contributed by atoms with Gasteiger partial charge in [0.05, 0.1) is 0 Å². The summed E-state index contributed by atoms with van der Waals surface area (Å²) in [5, 5.41) is 30.9. The molecule has 0 saturated carbocycles. The van der Waals surface area contributed by atoms with Crippen LogP contribution in [0.2, 0.25) is 0 Å². The number of fused-ring (bicyclic) bond motifs is 1. The number of thiophene rings is 1. The fourth-order valence-corrected chi connectivity index (χ4v) is 7.32. The molecule has 6 rings (SSSR count). The van der Waals surface area contributed by atoms with E-state index < -0.39 is 23.9 Å². The fraction of sp³-hybridized carbons (Fsp3) is 0.385. The van der Waals surface area contributed by atoms with Gasteiger partial charge in [0.15, 0.2) is 0 Å². The van der Waals surface area contributed by atoms with Crippen LogP contribution >= 0.6 is 11.3 Å². The first kappa shape index (κ1) is 39.8. The lowest BCUT2D eigenvalue weighted by atomic mass is 9.99. The van der Waals surface area contributed by atoms with Gasteiger partial charge in [0.2, 0.25) is 0 Å². The van der Waals surface area contributed by atoms with E-state index in [1.807, 2.05) is 11.3 Å². The van der Waals surface area contributed by atoms with E-state index in [0.29, 0.717) is 6.61 Å². The van der Waals surface area contributed by atoms with Crippen LogP contribution in [0.3, 0.4) is 0 Å². The molecule has 278 valence electrons. The summed E-state index contributed by atoms with van der Waals surface area (Å²) in [5.41, 5.74) is 4.02. The maximum absolute atomic E-state index is 9.10. The molecule has 2 aliphatic rings. The maximum Gasteiger partial charge on any atom is 0.414 e. The lowest BCUT2D eigenvalue weighted by Gasteiger charge is -2.35. The van der Waals surface area contributed by atoms with Gasteiger partial charge in [0.25, 0.3) is 0 Å². The van der Waals surface area contributed by atoms with Gasteiger partial charge in [0.1, 0.15) is 24.7 Å². The maximum atomic E-state index is 9.10. The smallest absolute Gasteiger partial charge is 0.414 e. The number of ether oxygens (including phenoxy) is 2. The van der Waals surface area contributed by atoms with Crippen molar-refractivity contribution in [3.63, 3.8) is 0 Å². The van der Waals surface area contributed by atoms with Gasteiger partial charge in [-0.1, -0.05) is 30.3 Å². The molecule has 2 aliphatic heterocycles. The zero-order valence-corrected chi connectivity index (χ0v) is 30.3. The average molecular weight is 735 g/mol. The molecule has 13 heteroatoms. The Hall–Kier alpha value is -4.98. The minimum Gasteiger partial charge on any atom is -0.492 e. The summed E-state index contributed by atoms with van der Waals surface area (Å²) in [6.45, 7) is 11.9. The average Bonchev–Trinajstić information content (AvgIpc) is 3.92. The zero-order chi connectivity index (χ0) is 37.7. The van der Waals surface area contributed by atoms with Crippen LogP contribution in [-0.4, -0.2) is 106 Å². The van der Waals surface area contributed by atoms with Gasteiger partial charge in [-0.2, -0.15) is 0 Å². The Kier molecular flexibility index (Phi) is 14.6. The number of hydrogen-bond acceptors (Lipinski definition) is 9. The highest BCUT2D eigenvalue weighted by Gasteiger charge is 2.29. The van der Waals surface area contributed by atoms with E-state index in [1.54, 1.807) is 0 Å². The predicted octanol–water partition coefficient (Wildman–Crippen LogP) is 6.20. The molecule has 4 aromatic rings. The molecule has 12 nitrogen and oxygen atoms in total. The molecule has 0 unspecified atom stereocenters. The third kappa shape index (κ3) is 11.8. The molecule has 0 atom stereocenters. The summed E-state index contributed by atoms with van der Waals surface area (Å²) in [5.74, 6) is -5.39. The summed E-state index contributed by atoms with van der Waals surface area (Å²) >= 11 is 1.89. The monoisotopic (exact) mass is 734 g/mol. The summed E-state index contributed by atoms with van der Waals surface area (Å²) in [6.07, 6.45) is 6.14. The highest BCUT2D eigenvalue weighted by Crippen LogP contribution is 2.40. The van der Waals surface area contributed by atoms with E-state index in [1.165, 1.54) is 83.5 Å². The first-order valence-electron chi connectivity index (χ1n) is 17.2. The van der Waals surface area contributed by atoms with Gasteiger partial charge in [0, 0.05) is 21.7 Å². The number of hydrogen-bond donors (Lipinski definition) is 4. The number of aliphatic carboxylic acids is 4. The molecule has 4 N–H and O–H groups in total. The number of carbonyl (C=O) groups is 4. The first-order chi connectivity index (χ1) is 24.8. The first-order valence-corrected chi connectivity index (χ1v) is 18.0. The van der Waals surface area contributed by atoms with E-state index in [-0.39, 0.29) is 5.54 Å². The zero-order valence-electron chi connectivity index (χ0n) is 29.5. The van der Waals surface area contributed by atoms with Gasteiger partial charge >= 0.3 is 23.9 Å². The normalized spacial score (nSPS) is 14.5. The number of carboxylic acids is 4. The Bertz CT molecular complexity index is 1740. The number of carboxylic acid groups (broad SMARTS) is 4. The quantitative estimate of drug-likeness (QED) is 0.129. The van der Waals surface area contributed by atoms with Crippen LogP contribution < -0.4 is 9.47 Å². The molecule has 2 saturated heterocycles. The molecule has 0 bridgehead atoms. The molecular weight excluding hydrogens is 689 g/mol. The van der Waals surface area contributed by atoms with Crippen LogP contribution in [0, 0.1) is 0 Å². The van der Waals surface area contributed by atoms with Crippen molar-refractivity contribution in [3.05, 3.63) is 83.9 Å². The minimum atomic E-state index is -1.82. The summed E-state index contributed by atoms with van der Waals surface area (Å²) in [4.78, 5) is 42.8. The third-order valence-electron chi connectivity index (χ3n) is 8.91. The summed E-state index contributed by atoms with van der Waals surface area (Å²) in [6, 6.07) is 26.2. The Balaban J connectivity index is 0.000000436. The van der Waals surface area contributed by atoms with Crippen LogP contribution in [-0.2, 0) is 25.6 Å². The molecule has 3 heterocycles. The van der Waals surface area contributed by atoms with Gasteiger partial charge < -0.3 is 29.9 Å². The Labute approximate surface area is 306 Å². The Morgan fingerprint density at radius 1 is 0.692 bits per heavy atom. The molecule has 0 radical (unpaired) electrons. The molecule has 2 fully saturated rings. The predicted molar refractivity (Wildman–Crippen MR) is 199 cm³/mol. The van der Waals surface area contributed by atoms with Crippen molar-refractivity contribution in [2.24, 2.45) is 0 Å². The topological polar surface area (TPSA) is 174 Å².